The van der Waals surface area contributed by atoms with E-state index in [1.54, 1.807) is 0 Å². The summed E-state index contributed by atoms with van der Waals surface area (Å²) < 4.78 is 0. The van der Waals surface area contributed by atoms with Gasteiger partial charge in [0.2, 0.25) is 11.8 Å². The maximum Gasteiger partial charge on any atom is 0.243 e. The van der Waals surface area contributed by atoms with Crippen LogP contribution in [0.15, 0.2) is 60.7 Å². The first kappa shape index (κ1) is 14.3. The second-order valence-corrected chi connectivity index (χ2v) is 5.50. The lowest BCUT2D eigenvalue weighted by molar-refractivity contribution is -0.136. The fourth-order valence-electron chi connectivity index (χ4n) is 2.66. The predicted octanol–water partition coefficient (Wildman–Crippen LogP) is 1.45. The molecule has 3 rings (SSSR count). The van der Waals surface area contributed by atoms with Gasteiger partial charge in [-0.05, 0) is 11.1 Å². The van der Waals surface area contributed by atoms with E-state index in [0.29, 0.717) is 12.8 Å². The molecule has 0 bridgehead atoms. The molecule has 2 aromatic carbocycles. The molecule has 112 valence electrons. The summed E-state index contributed by atoms with van der Waals surface area (Å²) in [5.41, 5.74) is 2.06. The minimum Gasteiger partial charge on any atom is -0.342 e. The third-order valence-corrected chi connectivity index (χ3v) is 3.83. The van der Waals surface area contributed by atoms with Crippen LogP contribution in [-0.2, 0) is 22.4 Å². The van der Waals surface area contributed by atoms with Gasteiger partial charge in [0.1, 0.15) is 12.1 Å². The van der Waals surface area contributed by atoms with E-state index in [1.807, 2.05) is 60.7 Å². The standard InChI is InChI=1S/C18H18N2O2/c21-17-15(11-13-7-3-1-4-8-13)19-18(22)16(20-17)12-14-9-5-2-6-10-14/h1-10,15-16H,11-12H2,(H,19,22)(H,20,21). The van der Waals surface area contributed by atoms with Crippen LogP contribution in [0.1, 0.15) is 11.1 Å². The Kier molecular flexibility index (Phi) is 4.19. The minimum absolute atomic E-state index is 0.121. The van der Waals surface area contributed by atoms with E-state index in [9.17, 15) is 9.59 Å². The number of hydrogen-bond acceptors (Lipinski definition) is 2. The number of hydrogen-bond donors (Lipinski definition) is 2. The van der Waals surface area contributed by atoms with Gasteiger partial charge in [-0.3, -0.25) is 9.59 Å². The molecule has 0 radical (unpaired) electrons. The lowest BCUT2D eigenvalue weighted by Crippen LogP contribution is -2.62. The van der Waals surface area contributed by atoms with Crippen LogP contribution < -0.4 is 10.6 Å². The van der Waals surface area contributed by atoms with Crippen LogP contribution in [0.25, 0.3) is 0 Å². The Balaban J connectivity index is 1.64. The van der Waals surface area contributed by atoms with Crippen LogP contribution in [0.2, 0.25) is 0 Å². The van der Waals surface area contributed by atoms with E-state index in [-0.39, 0.29) is 11.8 Å². The average molecular weight is 294 g/mol. The predicted molar refractivity (Wildman–Crippen MR) is 84.2 cm³/mol. The summed E-state index contributed by atoms with van der Waals surface area (Å²) in [6, 6.07) is 18.4. The van der Waals surface area contributed by atoms with Crippen molar-refractivity contribution < 1.29 is 9.59 Å². The Hall–Kier alpha value is -2.62. The maximum atomic E-state index is 12.2. The van der Waals surface area contributed by atoms with Crippen LogP contribution in [0.3, 0.4) is 0 Å². The van der Waals surface area contributed by atoms with Crippen LogP contribution in [0.4, 0.5) is 0 Å². The molecular weight excluding hydrogens is 276 g/mol. The summed E-state index contributed by atoms with van der Waals surface area (Å²) in [5.74, 6) is -0.242. The zero-order valence-electron chi connectivity index (χ0n) is 12.2. The Morgan fingerprint density at radius 3 is 1.36 bits per heavy atom. The van der Waals surface area contributed by atoms with E-state index >= 15 is 0 Å². The molecule has 2 unspecified atom stereocenters. The molecule has 0 aromatic heterocycles. The van der Waals surface area contributed by atoms with Crippen molar-refractivity contribution in [3.05, 3.63) is 71.8 Å². The summed E-state index contributed by atoms with van der Waals surface area (Å²) >= 11 is 0. The van der Waals surface area contributed by atoms with Crippen molar-refractivity contribution in [1.29, 1.82) is 0 Å². The van der Waals surface area contributed by atoms with Gasteiger partial charge >= 0.3 is 0 Å². The number of amides is 2. The Morgan fingerprint density at radius 1 is 0.636 bits per heavy atom. The molecule has 1 aliphatic heterocycles. The summed E-state index contributed by atoms with van der Waals surface area (Å²) in [5, 5.41) is 5.67. The van der Waals surface area contributed by atoms with E-state index in [4.69, 9.17) is 0 Å². The molecule has 4 heteroatoms. The molecule has 2 aromatic rings. The number of carbonyl (C=O) groups is 2. The molecule has 0 spiro atoms. The Morgan fingerprint density at radius 2 is 1.00 bits per heavy atom. The molecule has 1 fully saturated rings. The van der Waals surface area contributed by atoms with Gasteiger partial charge in [0.05, 0.1) is 0 Å². The molecule has 1 saturated heterocycles. The number of benzene rings is 2. The van der Waals surface area contributed by atoms with Gasteiger partial charge in [0, 0.05) is 12.8 Å². The van der Waals surface area contributed by atoms with Gasteiger partial charge in [-0.25, -0.2) is 0 Å². The number of nitrogens with one attached hydrogen (secondary N) is 2. The minimum atomic E-state index is -0.498. The summed E-state index contributed by atoms with van der Waals surface area (Å²) in [7, 11) is 0. The Labute approximate surface area is 129 Å². The second-order valence-electron chi connectivity index (χ2n) is 5.50. The van der Waals surface area contributed by atoms with Crippen molar-refractivity contribution in [1.82, 2.24) is 10.6 Å². The van der Waals surface area contributed by atoms with Gasteiger partial charge < -0.3 is 10.6 Å². The van der Waals surface area contributed by atoms with Gasteiger partial charge in [0.15, 0.2) is 0 Å². The lowest BCUT2D eigenvalue weighted by atomic mass is 9.99. The highest BCUT2D eigenvalue weighted by Gasteiger charge is 2.33. The highest BCUT2D eigenvalue weighted by atomic mass is 16.2. The van der Waals surface area contributed by atoms with Gasteiger partial charge in [-0.1, -0.05) is 60.7 Å². The molecule has 22 heavy (non-hydrogen) atoms. The van der Waals surface area contributed by atoms with Gasteiger partial charge in [-0.15, -0.1) is 0 Å². The number of carbonyl (C=O) groups excluding carboxylic acids is 2. The summed E-state index contributed by atoms with van der Waals surface area (Å²) in [6.45, 7) is 0. The zero-order chi connectivity index (χ0) is 15.4. The summed E-state index contributed by atoms with van der Waals surface area (Å²) in [4.78, 5) is 24.4. The van der Waals surface area contributed by atoms with Crippen LogP contribution in [0, 0.1) is 0 Å². The number of piperazine rings is 1. The second kappa shape index (κ2) is 6.43. The first-order chi connectivity index (χ1) is 10.7. The quantitative estimate of drug-likeness (QED) is 0.897. The van der Waals surface area contributed by atoms with Crippen molar-refractivity contribution >= 4 is 11.8 Å². The smallest absolute Gasteiger partial charge is 0.243 e. The maximum absolute atomic E-state index is 12.2. The molecule has 2 amide bonds. The molecular formula is C18H18N2O2. The molecule has 1 heterocycles. The van der Waals surface area contributed by atoms with E-state index in [1.165, 1.54) is 0 Å². The van der Waals surface area contributed by atoms with E-state index in [2.05, 4.69) is 10.6 Å². The molecule has 1 aliphatic rings. The van der Waals surface area contributed by atoms with Crippen LogP contribution in [0.5, 0.6) is 0 Å². The normalized spacial score (nSPS) is 21.1. The zero-order valence-corrected chi connectivity index (χ0v) is 12.2. The molecule has 2 atom stereocenters. The highest BCUT2D eigenvalue weighted by molar-refractivity contribution is 5.97. The third kappa shape index (κ3) is 3.34. The van der Waals surface area contributed by atoms with Crippen molar-refractivity contribution in [2.24, 2.45) is 0 Å². The molecule has 4 nitrogen and oxygen atoms in total. The van der Waals surface area contributed by atoms with Crippen molar-refractivity contribution in [3.8, 4) is 0 Å². The van der Waals surface area contributed by atoms with Crippen molar-refractivity contribution in [2.75, 3.05) is 0 Å². The first-order valence-corrected chi connectivity index (χ1v) is 7.41. The topological polar surface area (TPSA) is 58.2 Å². The van der Waals surface area contributed by atoms with Crippen LogP contribution >= 0.6 is 0 Å². The SMILES string of the molecule is O=C1NC(Cc2ccccc2)C(=O)NC1Cc1ccccc1. The van der Waals surface area contributed by atoms with Crippen LogP contribution in [-0.4, -0.2) is 23.9 Å². The highest BCUT2D eigenvalue weighted by Crippen LogP contribution is 2.10. The van der Waals surface area contributed by atoms with E-state index < -0.39 is 12.1 Å². The van der Waals surface area contributed by atoms with Gasteiger partial charge in [-0.2, -0.15) is 0 Å². The molecule has 0 aliphatic carbocycles. The molecule has 2 N–H and O–H groups in total. The molecule has 0 saturated carbocycles. The Bertz CT molecular complexity index is 596. The third-order valence-electron chi connectivity index (χ3n) is 3.83. The average Bonchev–Trinajstić information content (AvgIpc) is 2.54. The lowest BCUT2D eigenvalue weighted by Gasteiger charge is -2.29. The fraction of sp³-hybridized carbons (Fsp3) is 0.222. The van der Waals surface area contributed by atoms with Crippen molar-refractivity contribution in [3.63, 3.8) is 0 Å². The fourth-order valence-corrected chi connectivity index (χ4v) is 2.66. The largest absolute Gasteiger partial charge is 0.342 e. The number of rotatable bonds is 4. The van der Waals surface area contributed by atoms with Gasteiger partial charge in [0.25, 0.3) is 0 Å². The van der Waals surface area contributed by atoms with Crippen molar-refractivity contribution in [2.45, 2.75) is 24.9 Å². The monoisotopic (exact) mass is 294 g/mol. The first-order valence-electron chi connectivity index (χ1n) is 7.41. The van der Waals surface area contributed by atoms with E-state index in [0.717, 1.165) is 11.1 Å². The summed E-state index contributed by atoms with van der Waals surface area (Å²) in [6.07, 6.45) is 1.02.